The third-order valence-corrected chi connectivity index (χ3v) is 6.08. The van der Waals surface area contributed by atoms with Gasteiger partial charge in [-0.2, -0.15) is 0 Å². The Morgan fingerprint density at radius 1 is 1.03 bits per heavy atom. The Morgan fingerprint density at radius 3 is 2.61 bits per heavy atom. The molecule has 0 bridgehead atoms. The van der Waals surface area contributed by atoms with Crippen molar-refractivity contribution in [2.75, 3.05) is 16.4 Å². The van der Waals surface area contributed by atoms with E-state index in [1.165, 1.54) is 11.8 Å². The van der Waals surface area contributed by atoms with Gasteiger partial charge in [-0.3, -0.25) is 14.7 Å². The van der Waals surface area contributed by atoms with Crippen molar-refractivity contribution in [1.82, 2.24) is 15.2 Å². The van der Waals surface area contributed by atoms with Gasteiger partial charge in [0.25, 0.3) is 5.91 Å². The third-order valence-electron chi connectivity index (χ3n) is 4.10. The summed E-state index contributed by atoms with van der Waals surface area (Å²) in [5.74, 6) is 0.177. The second-order valence-electron chi connectivity index (χ2n) is 6.29. The number of anilines is 2. The summed E-state index contributed by atoms with van der Waals surface area (Å²) in [5.41, 5.74) is 1.39. The number of carbonyl (C=O) groups is 2. The molecule has 2 heterocycles. The predicted octanol–water partition coefficient (Wildman–Crippen LogP) is 5.17. The Labute approximate surface area is 191 Å². The van der Waals surface area contributed by atoms with E-state index in [4.69, 9.17) is 11.6 Å². The average molecular weight is 470 g/mol. The summed E-state index contributed by atoms with van der Waals surface area (Å²) in [7, 11) is 0. The molecule has 156 valence electrons. The van der Waals surface area contributed by atoms with Gasteiger partial charge in [-0.15, -0.1) is 16.4 Å². The Kier molecular flexibility index (Phi) is 6.66. The minimum Gasteiger partial charge on any atom is -0.325 e. The lowest BCUT2D eigenvalue weighted by molar-refractivity contribution is -0.113. The van der Waals surface area contributed by atoms with Crippen LogP contribution in [0.2, 0.25) is 5.02 Å². The molecule has 0 aliphatic carbocycles. The summed E-state index contributed by atoms with van der Waals surface area (Å²) in [6.07, 6.45) is 0. The Morgan fingerprint density at radius 2 is 1.84 bits per heavy atom. The monoisotopic (exact) mass is 469 g/mol. The van der Waals surface area contributed by atoms with Crippen LogP contribution in [0.5, 0.6) is 0 Å². The lowest BCUT2D eigenvalue weighted by Gasteiger charge is -2.11. The first-order valence-corrected chi connectivity index (χ1v) is 11.4. The van der Waals surface area contributed by atoms with Crippen LogP contribution in [0.4, 0.5) is 11.4 Å². The smallest absolute Gasteiger partial charge is 0.257 e. The average Bonchev–Trinajstić information content (AvgIpc) is 3.46. The fourth-order valence-corrected chi connectivity index (χ4v) is 4.06. The van der Waals surface area contributed by atoms with Gasteiger partial charge in [-0.05, 0) is 47.8 Å². The molecule has 0 fully saturated rings. The van der Waals surface area contributed by atoms with Crippen LogP contribution in [0.25, 0.3) is 10.7 Å². The number of carbonyl (C=O) groups excluding carboxylic acids is 2. The fourth-order valence-electron chi connectivity index (χ4n) is 2.67. The van der Waals surface area contributed by atoms with Crippen LogP contribution in [0, 0.1) is 0 Å². The second-order valence-corrected chi connectivity index (χ2v) is 8.61. The molecule has 0 unspecified atom stereocenters. The number of halogens is 1. The molecule has 7 nitrogen and oxygen atoms in total. The van der Waals surface area contributed by atoms with Gasteiger partial charge >= 0.3 is 0 Å². The zero-order valence-corrected chi connectivity index (χ0v) is 18.4. The zero-order valence-electron chi connectivity index (χ0n) is 16.0. The molecule has 0 aliphatic heterocycles. The Hall–Kier alpha value is -3.14. The van der Waals surface area contributed by atoms with Gasteiger partial charge in [-0.25, -0.2) is 4.98 Å². The topological polar surface area (TPSA) is 99.8 Å². The van der Waals surface area contributed by atoms with E-state index in [1.54, 1.807) is 59.9 Å². The molecule has 0 saturated heterocycles. The maximum Gasteiger partial charge on any atom is 0.257 e. The van der Waals surface area contributed by atoms with E-state index in [2.05, 4.69) is 25.8 Å². The number of para-hydroxylation sites is 1. The number of H-pyrrole nitrogens is 1. The van der Waals surface area contributed by atoms with E-state index >= 15 is 0 Å². The zero-order chi connectivity index (χ0) is 21.6. The van der Waals surface area contributed by atoms with Crippen LogP contribution in [-0.4, -0.2) is 32.7 Å². The summed E-state index contributed by atoms with van der Waals surface area (Å²) in [6, 6.07) is 17.5. The minimum absolute atomic E-state index is 0.106. The molecule has 10 heteroatoms. The van der Waals surface area contributed by atoms with Crippen LogP contribution in [-0.2, 0) is 4.79 Å². The van der Waals surface area contributed by atoms with Gasteiger partial charge in [0.1, 0.15) is 0 Å². The molecule has 2 aromatic carbocycles. The van der Waals surface area contributed by atoms with E-state index < -0.39 is 0 Å². The van der Waals surface area contributed by atoms with E-state index in [9.17, 15) is 9.59 Å². The van der Waals surface area contributed by atoms with Crippen LogP contribution < -0.4 is 10.6 Å². The molecule has 4 aromatic rings. The molecule has 0 radical (unpaired) electrons. The van der Waals surface area contributed by atoms with Gasteiger partial charge in [0.15, 0.2) is 5.82 Å². The molecule has 2 aromatic heterocycles. The Bertz CT molecular complexity index is 1190. The number of thioether (sulfide) groups is 1. The number of benzene rings is 2. The van der Waals surface area contributed by atoms with Crippen molar-refractivity contribution in [2.24, 2.45) is 0 Å². The number of thiophene rings is 1. The number of nitrogens with one attached hydrogen (secondary N) is 3. The quantitative estimate of drug-likeness (QED) is 0.324. The third kappa shape index (κ3) is 5.52. The van der Waals surface area contributed by atoms with Crippen LogP contribution in [0.3, 0.4) is 0 Å². The van der Waals surface area contributed by atoms with Crippen molar-refractivity contribution < 1.29 is 9.59 Å². The summed E-state index contributed by atoms with van der Waals surface area (Å²) >= 11 is 8.64. The number of hydrogen-bond acceptors (Lipinski definition) is 6. The van der Waals surface area contributed by atoms with Crippen LogP contribution in [0.1, 0.15) is 10.4 Å². The number of hydrogen-bond donors (Lipinski definition) is 3. The van der Waals surface area contributed by atoms with Crippen LogP contribution in [0.15, 0.2) is 71.2 Å². The summed E-state index contributed by atoms with van der Waals surface area (Å²) in [6.45, 7) is 0. The van der Waals surface area contributed by atoms with Crippen molar-refractivity contribution >= 4 is 57.9 Å². The van der Waals surface area contributed by atoms with Crippen molar-refractivity contribution in [3.8, 4) is 10.7 Å². The molecule has 4 rings (SSSR count). The predicted molar refractivity (Wildman–Crippen MR) is 125 cm³/mol. The molecule has 3 N–H and O–H groups in total. The van der Waals surface area contributed by atoms with Crippen LogP contribution >= 0.6 is 34.7 Å². The molecule has 0 spiro atoms. The van der Waals surface area contributed by atoms with Gasteiger partial charge in [0, 0.05) is 10.7 Å². The molecular formula is C21H16ClN5O2S2. The summed E-state index contributed by atoms with van der Waals surface area (Å²) in [5, 5.41) is 15.6. The largest absolute Gasteiger partial charge is 0.325 e. The highest BCUT2D eigenvalue weighted by Crippen LogP contribution is 2.24. The molecule has 2 amide bonds. The Balaban J connectivity index is 1.37. The molecule has 0 aliphatic rings. The minimum atomic E-state index is -0.333. The van der Waals surface area contributed by atoms with Crippen molar-refractivity contribution in [1.29, 1.82) is 0 Å². The molecule has 31 heavy (non-hydrogen) atoms. The lowest BCUT2D eigenvalue weighted by atomic mass is 10.1. The number of nitrogens with zero attached hydrogens (tertiary/aromatic N) is 2. The maximum absolute atomic E-state index is 12.7. The van der Waals surface area contributed by atoms with E-state index in [1.807, 2.05) is 17.5 Å². The van der Waals surface area contributed by atoms with Gasteiger partial charge < -0.3 is 10.6 Å². The number of aromatic amines is 1. The molecular weight excluding hydrogens is 454 g/mol. The molecule has 0 saturated carbocycles. The first-order valence-electron chi connectivity index (χ1n) is 9.13. The molecule has 0 atom stereocenters. The summed E-state index contributed by atoms with van der Waals surface area (Å²) < 4.78 is 0. The van der Waals surface area contributed by atoms with E-state index in [0.29, 0.717) is 32.9 Å². The van der Waals surface area contributed by atoms with Gasteiger partial charge in [-0.1, -0.05) is 41.6 Å². The maximum atomic E-state index is 12.7. The normalized spacial score (nSPS) is 10.6. The first kappa shape index (κ1) is 21.1. The summed E-state index contributed by atoms with van der Waals surface area (Å²) in [4.78, 5) is 30.5. The lowest BCUT2D eigenvalue weighted by Crippen LogP contribution is -2.19. The number of rotatable bonds is 7. The number of aromatic nitrogens is 3. The number of amides is 2. The standard InChI is InChI=1S/C21H16ClN5O2S2/c22-13-7-9-14(10-8-13)23-20(29)15-4-1-2-5-16(15)24-18(28)12-31-21-25-19(26-27-21)17-6-3-11-30-17/h1-11H,12H2,(H,23,29)(H,24,28)(H,25,26,27). The SMILES string of the molecule is O=C(CSc1n[nH]c(-c2cccs2)n1)Nc1ccccc1C(=O)Nc1ccc(Cl)cc1. The van der Waals surface area contributed by atoms with Crippen molar-refractivity contribution in [3.63, 3.8) is 0 Å². The van der Waals surface area contributed by atoms with E-state index in [0.717, 1.165) is 4.88 Å². The van der Waals surface area contributed by atoms with Crippen molar-refractivity contribution in [3.05, 3.63) is 76.6 Å². The fraction of sp³-hybridized carbons (Fsp3) is 0.0476. The van der Waals surface area contributed by atoms with Crippen molar-refractivity contribution in [2.45, 2.75) is 5.16 Å². The second kappa shape index (κ2) is 9.78. The highest BCUT2D eigenvalue weighted by molar-refractivity contribution is 7.99. The van der Waals surface area contributed by atoms with Gasteiger partial charge in [0.05, 0.1) is 21.9 Å². The van der Waals surface area contributed by atoms with Gasteiger partial charge in [0.2, 0.25) is 11.1 Å². The highest BCUT2D eigenvalue weighted by atomic mass is 35.5. The highest BCUT2D eigenvalue weighted by Gasteiger charge is 2.15. The first-order chi connectivity index (χ1) is 15.1. The van der Waals surface area contributed by atoms with E-state index in [-0.39, 0.29) is 17.6 Å².